The monoisotopic (exact) mass is 780 g/mol. The summed E-state index contributed by atoms with van der Waals surface area (Å²) in [6, 6.07) is 21.9. The Morgan fingerprint density at radius 1 is 0.509 bits per heavy atom. The Morgan fingerprint density at radius 2 is 0.912 bits per heavy atom. The molecule has 0 bridgehead atoms. The van der Waals surface area contributed by atoms with Crippen molar-refractivity contribution < 1.29 is 33.1 Å². The lowest BCUT2D eigenvalue weighted by Gasteiger charge is -2.12. The number of carbonyl (C=O) groups excluding carboxylic acids is 3. The standard InChI is InChI=1S/C48H64N2O7/c1-4-6-8-10-12-14-15-17-19-21-35-55-47(52)42-32-26-40(27-33-42)44-49-45(57-50-44)41-28-22-38(23-29-41)39-24-30-43(31-25-39)48(53)56-36-37(3)46(51)54-34-20-18-16-13-11-9-7-5-2/h22-33,37H,4-21,34-36H2,1-3H3/t37-/m0/s1. The lowest BCUT2D eigenvalue weighted by molar-refractivity contribution is -0.149. The Kier molecular flexibility index (Phi) is 20.6. The molecule has 308 valence electrons. The second kappa shape index (κ2) is 26.2. The maximum atomic E-state index is 12.7. The number of unbranched alkanes of at least 4 members (excludes halogenated alkanes) is 16. The van der Waals surface area contributed by atoms with E-state index in [1.54, 1.807) is 43.3 Å². The van der Waals surface area contributed by atoms with Crippen LogP contribution in [0.5, 0.6) is 0 Å². The highest BCUT2D eigenvalue weighted by atomic mass is 16.6. The van der Waals surface area contributed by atoms with E-state index in [1.165, 1.54) is 83.5 Å². The first-order valence-electron chi connectivity index (χ1n) is 21.6. The molecule has 4 rings (SSSR count). The largest absolute Gasteiger partial charge is 0.465 e. The molecule has 0 saturated carbocycles. The normalized spacial score (nSPS) is 11.6. The van der Waals surface area contributed by atoms with Crippen LogP contribution in [0.3, 0.4) is 0 Å². The smallest absolute Gasteiger partial charge is 0.338 e. The molecule has 0 aliphatic carbocycles. The maximum absolute atomic E-state index is 12.7. The summed E-state index contributed by atoms with van der Waals surface area (Å²) in [4.78, 5) is 42.2. The summed E-state index contributed by atoms with van der Waals surface area (Å²) in [5.41, 5.74) is 4.25. The van der Waals surface area contributed by atoms with Crippen molar-refractivity contribution in [1.29, 1.82) is 0 Å². The van der Waals surface area contributed by atoms with Gasteiger partial charge in [-0.3, -0.25) is 4.79 Å². The fourth-order valence-corrected chi connectivity index (χ4v) is 6.56. The van der Waals surface area contributed by atoms with Crippen LogP contribution in [-0.4, -0.2) is 47.9 Å². The molecular formula is C48H64N2O7. The molecule has 0 fully saturated rings. The molecule has 9 heteroatoms. The molecule has 0 saturated heterocycles. The molecule has 0 N–H and O–H groups in total. The molecular weight excluding hydrogens is 717 g/mol. The van der Waals surface area contributed by atoms with E-state index in [9.17, 15) is 14.4 Å². The first kappa shape index (κ1) is 44.9. The molecule has 0 radical (unpaired) electrons. The van der Waals surface area contributed by atoms with E-state index in [2.05, 4.69) is 24.0 Å². The number of benzene rings is 3. The van der Waals surface area contributed by atoms with Crippen molar-refractivity contribution in [1.82, 2.24) is 10.1 Å². The van der Waals surface area contributed by atoms with E-state index < -0.39 is 11.9 Å². The Bertz CT molecular complexity index is 1730. The topological polar surface area (TPSA) is 118 Å². The van der Waals surface area contributed by atoms with Crippen LogP contribution in [0.15, 0.2) is 77.3 Å². The number of aromatic nitrogens is 2. The predicted octanol–water partition coefficient (Wildman–Crippen LogP) is 12.6. The predicted molar refractivity (Wildman–Crippen MR) is 226 cm³/mol. The van der Waals surface area contributed by atoms with Gasteiger partial charge in [0.05, 0.1) is 30.3 Å². The van der Waals surface area contributed by atoms with Crippen molar-refractivity contribution >= 4 is 17.9 Å². The molecule has 57 heavy (non-hydrogen) atoms. The number of hydrogen-bond donors (Lipinski definition) is 0. The van der Waals surface area contributed by atoms with Crippen LogP contribution in [0.4, 0.5) is 0 Å². The van der Waals surface area contributed by atoms with Gasteiger partial charge in [0.1, 0.15) is 6.61 Å². The van der Waals surface area contributed by atoms with E-state index in [-0.39, 0.29) is 18.5 Å². The Hall–Kier alpha value is -4.79. The van der Waals surface area contributed by atoms with E-state index in [0.717, 1.165) is 54.4 Å². The summed E-state index contributed by atoms with van der Waals surface area (Å²) in [7, 11) is 0. The van der Waals surface area contributed by atoms with Crippen molar-refractivity contribution in [3.05, 3.63) is 83.9 Å². The SMILES string of the molecule is CCCCCCCCCCCCOC(=O)c1ccc(-c2noc(-c3ccc(-c4ccc(C(=O)OC[C@H](C)C(=O)OCCCCCCCCCC)cc4)cc3)n2)cc1. The van der Waals surface area contributed by atoms with E-state index in [4.69, 9.17) is 18.7 Å². The molecule has 0 aliphatic rings. The van der Waals surface area contributed by atoms with Gasteiger partial charge in [-0.05, 0) is 67.3 Å². The summed E-state index contributed by atoms with van der Waals surface area (Å²) >= 11 is 0. The number of carbonyl (C=O) groups is 3. The van der Waals surface area contributed by atoms with E-state index >= 15 is 0 Å². The highest BCUT2D eigenvalue weighted by Gasteiger charge is 2.18. The highest BCUT2D eigenvalue weighted by Crippen LogP contribution is 2.27. The van der Waals surface area contributed by atoms with Crippen molar-refractivity contribution in [3.63, 3.8) is 0 Å². The van der Waals surface area contributed by atoms with Crippen LogP contribution in [0, 0.1) is 5.92 Å². The third kappa shape index (κ3) is 16.3. The quantitative estimate of drug-likeness (QED) is 0.0315. The van der Waals surface area contributed by atoms with Crippen LogP contribution in [0.1, 0.15) is 157 Å². The molecule has 0 aliphatic heterocycles. The van der Waals surface area contributed by atoms with Crippen LogP contribution < -0.4 is 0 Å². The zero-order valence-corrected chi connectivity index (χ0v) is 34.6. The van der Waals surface area contributed by atoms with Gasteiger partial charge in [-0.2, -0.15) is 4.98 Å². The molecule has 1 heterocycles. The third-order valence-electron chi connectivity index (χ3n) is 10.2. The van der Waals surface area contributed by atoms with Gasteiger partial charge < -0.3 is 18.7 Å². The van der Waals surface area contributed by atoms with Crippen molar-refractivity contribution in [3.8, 4) is 34.0 Å². The molecule has 1 aromatic heterocycles. The van der Waals surface area contributed by atoms with Gasteiger partial charge in [0.15, 0.2) is 0 Å². The first-order chi connectivity index (χ1) is 27.9. The van der Waals surface area contributed by atoms with Gasteiger partial charge in [-0.25, -0.2) is 9.59 Å². The highest BCUT2D eigenvalue weighted by molar-refractivity contribution is 5.90. The van der Waals surface area contributed by atoms with Crippen molar-refractivity contribution in [2.24, 2.45) is 5.92 Å². The fourth-order valence-electron chi connectivity index (χ4n) is 6.56. The van der Waals surface area contributed by atoms with Crippen LogP contribution in [-0.2, 0) is 19.0 Å². The van der Waals surface area contributed by atoms with Gasteiger partial charge in [0, 0.05) is 11.1 Å². The van der Waals surface area contributed by atoms with Crippen LogP contribution in [0.25, 0.3) is 34.0 Å². The lowest BCUT2D eigenvalue weighted by atomic mass is 10.0. The van der Waals surface area contributed by atoms with Crippen molar-refractivity contribution in [2.45, 2.75) is 136 Å². The number of esters is 3. The van der Waals surface area contributed by atoms with Crippen LogP contribution in [0.2, 0.25) is 0 Å². The molecule has 0 unspecified atom stereocenters. The minimum Gasteiger partial charge on any atom is -0.465 e. The summed E-state index contributed by atoms with van der Waals surface area (Å²) in [6.07, 6.45) is 21.8. The lowest BCUT2D eigenvalue weighted by Crippen LogP contribution is -2.22. The van der Waals surface area contributed by atoms with Gasteiger partial charge >= 0.3 is 17.9 Å². The molecule has 4 aromatic rings. The number of nitrogens with zero attached hydrogens (tertiary/aromatic N) is 2. The summed E-state index contributed by atoms with van der Waals surface area (Å²) in [5.74, 6) is -0.887. The Morgan fingerprint density at radius 3 is 1.42 bits per heavy atom. The van der Waals surface area contributed by atoms with Gasteiger partial charge in [-0.1, -0.05) is 158 Å². The molecule has 9 nitrogen and oxygen atoms in total. The number of rotatable bonds is 28. The second-order valence-electron chi connectivity index (χ2n) is 15.1. The Balaban J connectivity index is 1.15. The van der Waals surface area contributed by atoms with Gasteiger partial charge in [0.2, 0.25) is 5.82 Å². The maximum Gasteiger partial charge on any atom is 0.338 e. The minimum absolute atomic E-state index is 0.0326. The molecule has 0 amide bonds. The van der Waals surface area contributed by atoms with E-state index in [0.29, 0.717) is 36.1 Å². The number of hydrogen-bond acceptors (Lipinski definition) is 9. The van der Waals surface area contributed by atoms with Gasteiger partial charge in [0.25, 0.3) is 5.89 Å². The molecule has 0 spiro atoms. The van der Waals surface area contributed by atoms with Gasteiger partial charge in [-0.15, -0.1) is 0 Å². The number of ether oxygens (including phenoxy) is 3. The summed E-state index contributed by atoms with van der Waals surface area (Å²) in [6.45, 7) is 6.97. The van der Waals surface area contributed by atoms with E-state index in [1.807, 2.05) is 36.4 Å². The van der Waals surface area contributed by atoms with Crippen molar-refractivity contribution in [2.75, 3.05) is 19.8 Å². The zero-order chi connectivity index (χ0) is 40.5. The molecule has 3 aromatic carbocycles. The summed E-state index contributed by atoms with van der Waals surface area (Å²) in [5, 5.41) is 4.15. The second-order valence-corrected chi connectivity index (χ2v) is 15.1. The molecule has 1 atom stereocenters. The zero-order valence-electron chi connectivity index (χ0n) is 34.6. The van der Waals surface area contributed by atoms with Crippen LogP contribution >= 0.6 is 0 Å². The average molecular weight is 781 g/mol. The summed E-state index contributed by atoms with van der Waals surface area (Å²) < 4.78 is 21.9. The first-order valence-corrected chi connectivity index (χ1v) is 21.6. The fraction of sp³-hybridized carbons (Fsp3) is 0.521. The Labute approximate surface area is 340 Å². The third-order valence-corrected chi connectivity index (χ3v) is 10.2. The average Bonchev–Trinajstić information content (AvgIpc) is 3.74. The minimum atomic E-state index is -0.532.